The Labute approximate surface area is 115 Å². The molecule has 1 aromatic carbocycles. The number of halogens is 3. The largest absolute Gasteiger partial charge is 0.494 e. The summed E-state index contributed by atoms with van der Waals surface area (Å²) in [5, 5.41) is 3.13. The van der Waals surface area contributed by atoms with Crippen LogP contribution < -0.4 is 10.1 Å². The SMILES string of the molecule is CNCCc1c(Br)cc(Br)c(OC)c1Br. The molecule has 5 heteroatoms. The van der Waals surface area contributed by atoms with Crippen LogP contribution in [0, 0.1) is 0 Å². The summed E-state index contributed by atoms with van der Waals surface area (Å²) < 4.78 is 8.34. The Morgan fingerprint density at radius 1 is 1.27 bits per heavy atom. The van der Waals surface area contributed by atoms with Gasteiger partial charge in [0.1, 0.15) is 5.75 Å². The number of benzene rings is 1. The summed E-state index contributed by atoms with van der Waals surface area (Å²) in [6, 6.07) is 2.01. The van der Waals surface area contributed by atoms with Crippen LogP contribution in [-0.2, 0) is 6.42 Å². The van der Waals surface area contributed by atoms with Gasteiger partial charge in [0.15, 0.2) is 0 Å². The highest BCUT2D eigenvalue weighted by molar-refractivity contribution is 9.11. The molecule has 1 N–H and O–H groups in total. The van der Waals surface area contributed by atoms with Crippen LogP contribution in [0.25, 0.3) is 0 Å². The van der Waals surface area contributed by atoms with E-state index in [0.29, 0.717) is 0 Å². The number of nitrogens with one attached hydrogen (secondary N) is 1. The summed E-state index contributed by atoms with van der Waals surface area (Å²) in [6.45, 7) is 0.933. The van der Waals surface area contributed by atoms with Gasteiger partial charge in [0, 0.05) is 4.47 Å². The van der Waals surface area contributed by atoms with Crippen LogP contribution in [0.15, 0.2) is 19.5 Å². The molecule has 1 aromatic rings. The van der Waals surface area contributed by atoms with Crippen LogP contribution in [0.4, 0.5) is 0 Å². The second kappa shape index (κ2) is 6.23. The minimum atomic E-state index is 0.837. The maximum absolute atomic E-state index is 5.32. The molecule has 0 heterocycles. The van der Waals surface area contributed by atoms with Gasteiger partial charge in [0.2, 0.25) is 0 Å². The van der Waals surface area contributed by atoms with Crippen LogP contribution >= 0.6 is 47.8 Å². The highest BCUT2D eigenvalue weighted by Gasteiger charge is 2.13. The van der Waals surface area contributed by atoms with Gasteiger partial charge in [-0.05, 0) is 63.5 Å². The zero-order chi connectivity index (χ0) is 11.4. The van der Waals surface area contributed by atoms with E-state index in [4.69, 9.17) is 4.74 Å². The molecule has 0 saturated heterocycles. The zero-order valence-electron chi connectivity index (χ0n) is 8.53. The fourth-order valence-corrected chi connectivity index (χ4v) is 4.12. The Morgan fingerprint density at radius 3 is 2.47 bits per heavy atom. The van der Waals surface area contributed by atoms with Crippen LogP contribution in [0.1, 0.15) is 5.56 Å². The molecule has 0 aliphatic heterocycles. The van der Waals surface area contributed by atoms with Crippen molar-refractivity contribution in [2.75, 3.05) is 20.7 Å². The molecule has 1 rings (SSSR count). The van der Waals surface area contributed by atoms with E-state index >= 15 is 0 Å². The first kappa shape index (κ1) is 13.5. The van der Waals surface area contributed by atoms with E-state index in [9.17, 15) is 0 Å². The fourth-order valence-electron chi connectivity index (χ4n) is 1.28. The number of hydrogen-bond donors (Lipinski definition) is 1. The zero-order valence-corrected chi connectivity index (χ0v) is 13.3. The van der Waals surface area contributed by atoms with Gasteiger partial charge in [-0.25, -0.2) is 0 Å². The molecule has 0 fully saturated rings. The second-order valence-electron chi connectivity index (χ2n) is 3.02. The molecule has 0 aromatic heterocycles. The molecule has 0 saturated carbocycles. The molecular formula is C10H12Br3NO. The average Bonchev–Trinajstić information content (AvgIpc) is 2.17. The lowest BCUT2D eigenvalue weighted by atomic mass is 10.1. The first-order valence-electron chi connectivity index (χ1n) is 4.46. The van der Waals surface area contributed by atoms with Crippen molar-refractivity contribution in [3.8, 4) is 5.75 Å². The summed E-state index contributed by atoms with van der Waals surface area (Å²) in [7, 11) is 3.61. The van der Waals surface area contributed by atoms with Crippen molar-refractivity contribution < 1.29 is 4.74 Å². The van der Waals surface area contributed by atoms with Gasteiger partial charge in [-0.3, -0.25) is 0 Å². The normalized spacial score (nSPS) is 10.5. The molecule has 2 nitrogen and oxygen atoms in total. The van der Waals surface area contributed by atoms with E-state index in [1.807, 2.05) is 13.1 Å². The Hall–Kier alpha value is 0.420. The van der Waals surface area contributed by atoms with Gasteiger partial charge in [-0.1, -0.05) is 15.9 Å². The van der Waals surface area contributed by atoms with E-state index in [2.05, 4.69) is 53.1 Å². The van der Waals surface area contributed by atoms with Crippen molar-refractivity contribution in [3.05, 3.63) is 25.0 Å². The number of ether oxygens (including phenoxy) is 1. The Bertz CT molecular complexity index is 355. The average molecular weight is 402 g/mol. The van der Waals surface area contributed by atoms with Crippen LogP contribution in [0.3, 0.4) is 0 Å². The fraction of sp³-hybridized carbons (Fsp3) is 0.400. The quantitative estimate of drug-likeness (QED) is 0.829. The Morgan fingerprint density at radius 2 is 1.93 bits per heavy atom. The van der Waals surface area contributed by atoms with Crippen LogP contribution in [0.2, 0.25) is 0 Å². The van der Waals surface area contributed by atoms with Crippen LogP contribution in [0.5, 0.6) is 5.75 Å². The van der Waals surface area contributed by atoms with E-state index in [-0.39, 0.29) is 0 Å². The standard InChI is InChI=1S/C10H12Br3NO/c1-14-4-3-6-7(11)5-8(12)10(15-2)9(6)13/h5,14H,3-4H2,1-2H3. The van der Waals surface area contributed by atoms with Gasteiger partial charge in [0.05, 0.1) is 16.1 Å². The third-order valence-electron chi connectivity index (χ3n) is 2.05. The monoisotopic (exact) mass is 399 g/mol. The first-order valence-corrected chi connectivity index (χ1v) is 6.84. The molecule has 0 aliphatic carbocycles. The van der Waals surface area contributed by atoms with Crippen LogP contribution in [-0.4, -0.2) is 20.7 Å². The van der Waals surface area contributed by atoms with Gasteiger partial charge in [0.25, 0.3) is 0 Å². The molecule has 0 bridgehead atoms. The van der Waals surface area contributed by atoms with E-state index < -0.39 is 0 Å². The van der Waals surface area contributed by atoms with Gasteiger partial charge in [-0.15, -0.1) is 0 Å². The first-order chi connectivity index (χ1) is 7.11. The minimum Gasteiger partial charge on any atom is -0.494 e. The third-order valence-corrected chi connectivity index (χ3v) is 4.19. The second-order valence-corrected chi connectivity index (χ2v) is 5.52. The molecule has 15 heavy (non-hydrogen) atoms. The molecular weight excluding hydrogens is 390 g/mol. The van der Waals surface area contributed by atoms with Gasteiger partial charge in [-0.2, -0.15) is 0 Å². The summed E-state index contributed by atoms with van der Waals surface area (Å²) >= 11 is 10.6. The summed E-state index contributed by atoms with van der Waals surface area (Å²) in [5.41, 5.74) is 1.21. The van der Waals surface area contributed by atoms with E-state index in [0.717, 1.165) is 32.1 Å². The van der Waals surface area contributed by atoms with E-state index in [1.54, 1.807) is 7.11 Å². The number of hydrogen-bond acceptors (Lipinski definition) is 2. The summed E-state index contributed by atoms with van der Waals surface area (Å²) in [6.07, 6.45) is 0.946. The lowest BCUT2D eigenvalue weighted by Crippen LogP contribution is -2.11. The minimum absolute atomic E-state index is 0.837. The maximum atomic E-state index is 5.32. The number of methoxy groups -OCH3 is 1. The summed E-state index contributed by atoms with van der Waals surface area (Å²) in [4.78, 5) is 0. The van der Waals surface area contributed by atoms with Crippen molar-refractivity contribution in [2.45, 2.75) is 6.42 Å². The molecule has 0 spiro atoms. The lowest BCUT2D eigenvalue weighted by Gasteiger charge is -2.13. The molecule has 0 atom stereocenters. The summed E-state index contributed by atoms with van der Waals surface area (Å²) in [5.74, 6) is 0.837. The highest BCUT2D eigenvalue weighted by atomic mass is 79.9. The van der Waals surface area contributed by atoms with Crippen molar-refractivity contribution in [1.82, 2.24) is 5.32 Å². The van der Waals surface area contributed by atoms with Gasteiger partial charge < -0.3 is 10.1 Å². The van der Waals surface area contributed by atoms with Crippen molar-refractivity contribution in [2.24, 2.45) is 0 Å². The third kappa shape index (κ3) is 3.19. The topological polar surface area (TPSA) is 21.3 Å². The van der Waals surface area contributed by atoms with Crippen molar-refractivity contribution in [3.63, 3.8) is 0 Å². The predicted molar refractivity (Wildman–Crippen MR) is 73.7 cm³/mol. The lowest BCUT2D eigenvalue weighted by molar-refractivity contribution is 0.408. The smallest absolute Gasteiger partial charge is 0.147 e. The molecule has 84 valence electrons. The number of rotatable bonds is 4. The van der Waals surface area contributed by atoms with E-state index in [1.165, 1.54) is 5.56 Å². The van der Waals surface area contributed by atoms with Gasteiger partial charge >= 0.3 is 0 Å². The maximum Gasteiger partial charge on any atom is 0.147 e. The Kier molecular flexibility index (Phi) is 5.60. The molecule has 0 aliphatic rings. The molecule has 0 unspecified atom stereocenters. The Balaban J connectivity index is 3.14. The predicted octanol–water partition coefficient (Wildman–Crippen LogP) is 3.74. The number of likely N-dealkylation sites (N-methyl/N-ethyl adjacent to an activating group) is 1. The van der Waals surface area contributed by atoms with Crippen molar-refractivity contribution >= 4 is 47.8 Å². The van der Waals surface area contributed by atoms with Crippen molar-refractivity contribution in [1.29, 1.82) is 0 Å². The molecule has 0 amide bonds. The molecule has 0 radical (unpaired) electrons. The highest BCUT2D eigenvalue weighted by Crippen LogP contribution is 2.40.